The fraction of sp³-hybridized carbons (Fsp3) is 0. The van der Waals surface area contributed by atoms with E-state index in [0.29, 0.717) is 0 Å². The predicted octanol–water partition coefficient (Wildman–Crippen LogP) is 14.9. The van der Waals surface area contributed by atoms with E-state index in [1.165, 1.54) is 60.8 Å². The fourth-order valence-corrected chi connectivity index (χ4v) is 8.06. The summed E-state index contributed by atoms with van der Waals surface area (Å²) in [5, 5.41) is 2.48. The molecule has 0 spiro atoms. The summed E-state index contributed by atoms with van der Waals surface area (Å²) in [6, 6.07) is 83.0. The van der Waals surface area contributed by atoms with Crippen LogP contribution in [0.4, 0.5) is 17.1 Å². The monoisotopic (exact) mass is 714 g/mol. The van der Waals surface area contributed by atoms with E-state index in [2.05, 4.69) is 240 Å². The topological polar surface area (TPSA) is 8.17 Å². The molecule has 9 aromatic carbocycles. The van der Waals surface area contributed by atoms with Crippen LogP contribution in [0.3, 0.4) is 0 Å². The lowest BCUT2D eigenvalue weighted by Crippen LogP contribution is -2.09. The van der Waals surface area contributed by atoms with Crippen molar-refractivity contribution in [2.24, 2.45) is 0 Å². The van der Waals surface area contributed by atoms with E-state index in [0.717, 1.165) is 28.3 Å². The van der Waals surface area contributed by atoms with Gasteiger partial charge in [-0.3, -0.25) is 0 Å². The second-order valence-corrected chi connectivity index (χ2v) is 14.2. The van der Waals surface area contributed by atoms with E-state index in [9.17, 15) is 0 Å². The molecular formula is C54H38N2. The molecular weight excluding hydrogens is 677 g/mol. The van der Waals surface area contributed by atoms with Crippen LogP contribution < -0.4 is 4.90 Å². The zero-order valence-corrected chi connectivity index (χ0v) is 30.8. The highest BCUT2D eigenvalue weighted by atomic mass is 15.1. The number of hydrogen-bond donors (Lipinski definition) is 0. The number of para-hydroxylation sites is 2. The molecule has 0 saturated heterocycles. The van der Waals surface area contributed by atoms with Crippen molar-refractivity contribution in [3.05, 3.63) is 231 Å². The lowest BCUT2D eigenvalue weighted by Gasteiger charge is -2.26. The number of anilines is 3. The lowest BCUT2D eigenvalue weighted by atomic mass is 9.95. The van der Waals surface area contributed by atoms with Crippen LogP contribution in [0.1, 0.15) is 0 Å². The molecule has 0 atom stereocenters. The van der Waals surface area contributed by atoms with Crippen LogP contribution in [0, 0.1) is 0 Å². The van der Waals surface area contributed by atoms with E-state index in [1.54, 1.807) is 0 Å². The van der Waals surface area contributed by atoms with E-state index in [-0.39, 0.29) is 0 Å². The van der Waals surface area contributed by atoms with Crippen LogP contribution >= 0.6 is 0 Å². The minimum Gasteiger partial charge on any atom is -0.311 e. The number of benzene rings is 9. The molecule has 0 aliphatic carbocycles. The van der Waals surface area contributed by atoms with Gasteiger partial charge in [-0.1, -0.05) is 164 Å². The minimum atomic E-state index is 1.09. The normalized spacial score (nSPS) is 11.2. The Bertz CT molecular complexity index is 2810. The third kappa shape index (κ3) is 6.14. The van der Waals surface area contributed by atoms with Gasteiger partial charge < -0.3 is 9.47 Å². The average molecular weight is 715 g/mol. The zero-order valence-electron chi connectivity index (χ0n) is 30.8. The molecule has 0 fully saturated rings. The van der Waals surface area contributed by atoms with Crippen molar-refractivity contribution in [1.29, 1.82) is 0 Å². The summed E-state index contributed by atoms with van der Waals surface area (Å²) in [5.74, 6) is 0. The largest absolute Gasteiger partial charge is 0.311 e. The van der Waals surface area contributed by atoms with Crippen LogP contribution in [-0.4, -0.2) is 4.57 Å². The third-order valence-corrected chi connectivity index (χ3v) is 10.8. The molecule has 0 radical (unpaired) electrons. The molecule has 0 amide bonds. The van der Waals surface area contributed by atoms with Gasteiger partial charge in [0.15, 0.2) is 0 Å². The average Bonchev–Trinajstić information content (AvgIpc) is 3.62. The smallest absolute Gasteiger partial charge is 0.0619 e. The molecule has 2 nitrogen and oxygen atoms in total. The van der Waals surface area contributed by atoms with Crippen LogP contribution in [0.25, 0.3) is 72.0 Å². The molecule has 0 aliphatic heterocycles. The summed E-state index contributed by atoms with van der Waals surface area (Å²) in [4.78, 5) is 2.35. The number of fused-ring (bicyclic) bond motifs is 3. The molecule has 0 unspecified atom stereocenters. The zero-order chi connectivity index (χ0) is 37.3. The Morgan fingerprint density at radius 3 is 1.18 bits per heavy atom. The van der Waals surface area contributed by atoms with Gasteiger partial charge in [-0.15, -0.1) is 0 Å². The quantitative estimate of drug-likeness (QED) is 0.152. The van der Waals surface area contributed by atoms with Gasteiger partial charge in [0, 0.05) is 39.1 Å². The van der Waals surface area contributed by atoms with E-state index in [4.69, 9.17) is 0 Å². The molecule has 10 aromatic rings. The van der Waals surface area contributed by atoms with Gasteiger partial charge in [0.25, 0.3) is 0 Å². The van der Waals surface area contributed by atoms with Gasteiger partial charge in [-0.2, -0.15) is 0 Å². The number of nitrogens with zero attached hydrogens (tertiary/aromatic N) is 2. The van der Waals surface area contributed by atoms with Gasteiger partial charge in [0.1, 0.15) is 0 Å². The predicted molar refractivity (Wildman–Crippen MR) is 237 cm³/mol. The van der Waals surface area contributed by atoms with Crippen molar-refractivity contribution in [3.63, 3.8) is 0 Å². The summed E-state index contributed by atoms with van der Waals surface area (Å²) in [5.41, 5.74) is 16.4. The van der Waals surface area contributed by atoms with Crippen molar-refractivity contribution in [2.45, 2.75) is 0 Å². The first-order chi connectivity index (χ1) is 27.8. The van der Waals surface area contributed by atoms with Crippen LogP contribution in [-0.2, 0) is 0 Å². The maximum absolute atomic E-state index is 2.43. The molecule has 10 rings (SSSR count). The van der Waals surface area contributed by atoms with E-state index < -0.39 is 0 Å². The first-order valence-corrected chi connectivity index (χ1v) is 19.2. The Kier molecular flexibility index (Phi) is 8.55. The molecule has 0 bridgehead atoms. The highest BCUT2D eigenvalue weighted by Crippen LogP contribution is 2.43. The Hall–Kier alpha value is -7.42. The molecule has 1 aromatic heterocycles. The first-order valence-electron chi connectivity index (χ1n) is 19.2. The summed E-state index contributed by atoms with van der Waals surface area (Å²) >= 11 is 0. The van der Waals surface area contributed by atoms with Crippen molar-refractivity contribution in [3.8, 4) is 50.2 Å². The number of hydrogen-bond acceptors (Lipinski definition) is 1. The molecule has 264 valence electrons. The van der Waals surface area contributed by atoms with Crippen LogP contribution in [0.5, 0.6) is 0 Å². The molecule has 2 heteroatoms. The highest BCUT2D eigenvalue weighted by Gasteiger charge is 2.20. The van der Waals surface area contributed by atoms with Crippen molar-refractivity contribution < 1.29 is 0 Å². The third-order valence-electron chi connectivity index (χ3n) is 10.8. The maximum atomic E-state index is 2.43. The van der Waals surface area contributed by atoms with E-state index >= 15 is 0 Å². The fourth-order valence-electron chi connectivity index (χ4n) is 8.06. The molecule has 0 aliphatic rings. The maximum Gasteiger partial charge on any atom is 0.0619 e. The minimum absolute atomic E-state index is 1.09. The van der Waals surface area contributed by atoms with Gasteiger partial charge in [0.2, 0.25) is 0 Å². The summed E-state index contributed by atoms with van der Waals surface area (Å²) in [6.45, 7) is 0. The number of rotatable bonds is 8. The Labute approximate surface area is 327 Å². The van der Waals surface area contributed by atoms with Gasteiger partial charge in [0.05, 0.1) is 11.0 Å². The number of aromatic nitrogens is 1. The second-order valence-electron chi connectivity index (χ2n) is 14.2. The van der Waals surface area contributed by atoms with Crippen molar-refractivity contribution in [1.82, 2.24) is 4.57 Å². The summed E-state index contributed by atoms with van der Waals surface area (Å²) in [7, 11) is 0. The van der Waals surface area contributed by atoms with Gasteiger partial charge in [-0.05, 0) is 106 Å². The van der Waals surface area contributed by atoms with Gasteiger partial charge >= 0.3 is 0 Å². The van der Waals surface area contributed by atoms with Crippen molar-refractivity contribution >= 4 is 38.9 Å². The first kappa shape index (κ1) is 33.2. The molecule has 1 heterocycles. The summed E-state index contributed by atoms with van der Waals surface area (Å²) < 4.78 is 2.43. The van der Waals surface area contributed by atoms with Crippen LogP contribution in [0.2, 0.25) is 0 Å². The van der Waals surface area contributed by atoms with Crippen molar-refractivity contribution in [2.75, 3.05) is 4.90 Å². The Morgan fingerprint density at radius 1 is 0.286 bits per heavy atom. The Balaban J connectivity index is 1.13. The van der Waals surface area contributed by atoms with Gasteiger partial charge in [-0.25, -0.2) is 0 Å². The Morgan fingerprint density at radius 2 is 0.679 bits per heavy atom. The molecule has 56 heavy (non-hydrogen) atoms. The highest BCUT2D eigenvalue weighted by molar-refractivity contribution is 6.15. The SMILES string of the molecule is c1ccc(-c2ccc(N(c3ccc(-c4ccccc4)cc3)c3ccc(-c4cc(-c5ccccc5)cc5c6ccccc6n(-c6ccccc6)c45)cc3)cc2)cc1. The second kappa shape index (κ2) is 14.4. The molecule has 0 N–H and O–H groups in total. The lowest BCUT2D eigenvalue weighted by molar-refractivity contribution is 1.18. The standard InChI is InChI=1S/C54H38N2/c1-5-15-39(16-6-1)42-25-31-47(32-26-42)55(48-33-27-43(28-34-48)40-17-7-2-8-18-40)49-35-29-44(30-36-49)51-37-45(41-19-9-3-10-20-41)38-52-50-23-13-14-24-53(50)56(54(51)52)46-21-11-4-12-22-46/h1-38H. The van der Waals surface area contributed by atoms with E-state index in [1.807, 2.05) is 0 Å². The molecule has 0 saturated carbocycles. The summed E-state index contributed by atoms with van der Waals surface area (Å²) in [6.07, 6.45) is 0. The van der Waals surface area contributed by atoms with Crippen LogP contribution in [0.15, 0.2) is 231 Å².